The average molecular weight is 446 g/mol. The van der Waals surface area contributed by atoms with E-state index in [0.29, 0.717) is 29.0 Å². The lowest BCUT2D eigenvalue weighted by Gasteiger charge is -2.35. The van der Waals surface area contributed by atoms with Gasteiger partial charge in [-0.25, -0.2) is 26.9 Å². The van der Waals surface area contributed by atoms with Crippen molar-refractivity contribution < 1.29 is 26.7 Å². The predicted octanol–water partition coefficient (Wildman–Crippen LogP) is 3.48. The molecule has 1 aliphatic carbocycles. The van der Waals surface area contributed by atoms with Gasteiger partial charge in [0.25, 0.3) is 5.91 Å². The van der Waals surface area contributed by atoms with E-state index in [1.807, 2.05) is 11.9 Å². The van der Waals surface area contributed by atoms with Gasteiger partial charge in [0.1, 0.15) is 17.4 Å². The summed E-state index contributed by atoms with van der Waals surface area (Å²) < 4.78 is 57.6. The zero-order valence-corrected chi connectivity index (χ0v) is 17.2. The number of nitrogens with one attached hydrogen (secondary N) is 1. The van der Waals surface area contributed by atoms with Crippen LogP contribution in [0.3, 0.4) is 0 Å². The van der Waals surface area contributed by atoms with Crippen LogP contribution >= 0.6 is 11.6 Å². The molecule has 2 aromatic rings. The normalized spacial score (nSPS) is 14.2. The maximum atomic E-state index is 14.3. The number of sulfonamides is 1. The van der Waals surface area contributed by atoms with Gasteiger partial charge in [0.2, 0.25) is 10.0 Å². The molecular formula is C18H18ClF2N3O4S. The fourth-order valence-corrected chi connectivity index (χ4v) is 3.54. The van der Waals surface area contributed by atoms with E-state index >= 15 is 0 Å². The molecule has 0 radical (unpaired) electrons. The topological polar surface area (TPSA) is 88.6 Å². The molecule has 1 aromatic carbocycles. The Labute approximate surface area is 171 Å². The standard InChI is InChI=1S/C18H18ClF2N3O4S/c1-24(10-4-3-5-10)17-13(19)6-11(9-22-17)28-16-8-14(20)12(7-15(16)21)18(25)23-29(2,26)27/h6-10H,3-5H2,1-2H3,(H,23,25). The minimum absolute atomic E-state index is 0.0763. The van der Waals surface area contributed by atoms with E-state index in [1.165, 1.54) is 12.3 Å². The lowest BCUT2D eigenvalue weighted by atomic mass is 9.92. The van der Waals surface area contributed by atoms with E-state index < -0.39 is 38.9 Å². The summed E-state index contributed by atoms with van der Waals surface area (Å²) in [7, 11) is -2.04. The molecule has 1 heterocycles. The number of ether oxygens (including phenoxy) is 1. The molecule has 1 aliphatic rings. The number of amides is 1. The van der Waals surface area contributed by atoms with Gasteiger partial charge in [-0.3, -0.25) is 4.79 Å². The minimum Gasteiger partial charge on any atom is -0.452 e. The van der Waals surface area contributed by atoms with Gasteiger partial charge in [0.05, 0.1) is 23.0 Å². The van der Waals surface area contributed by atoms with Crippen LogP contribution in [0.25, 0.3) is 0 Å². The third kappa shape index (κ3) is 4.94. The smallest absolute Gasteiger partial charge is 0.267 e. The monoisotopic (exact) mass is 445 g/mol. The highest BCUT2D eigenvalue weighted by molar-refractivity contribution is 7.89. The molecule has 0 unspecified atom stereocenters. The van der Waals surface area contributed by atoms with Crippen molar-refractivity contribution in [3.63, 3.8) is 0 Å². The summed E-state index contributed by atoms with van der Waals surface area (Å²) in [6.45, 7) is 0. The lowest BCUT2D eigenvalue weighted by molar-refractivity contribution is 0.0977. The van der Waals surface area contributed by atoms with Crippen LogP contribution in [0.15, 0.2) is 24.4 Å². The fourth-order valence-electron chi connectivity index (χ4n) is 2.81. The number of carbonyl (C=O) groups excluding carboxylic acids is 1. The maximum Gasteiger partial charge on any atom is 0.267 e. The van der Waals surface area contributed by atoms with Crippen molar-refractivity contribution in [2.45, 2.75) is 25.3 Å². The highest BCUT2D eigenvalue weighted by Crippen LogP contribution is 2.34. The summed E-state index contributed by atoms with van der Waals surface area (Å²) in [5.74, 6) is -3.37. The number of benzene rings is 1. The molecule has 1 fully saturated rings. The molecule has 0 bridgehead atoms. The molecule has 0 spiro atoms. The first-order chi connectivity index (χ1) is 13.5. The third-order valence-electron chi connectivity index (χ3n) is 4.53. The largest absolute Gasteiger partial charge is 0.452 e. The van der Waals surface area contributed by atoms with Gasteiger partial charge in [0.15, 0.2) is 11.6 Å². The van der Waals surface area contributed by atoms with E-state index in [4.69, 9.17) is 16.3 Å². The van der Waals surface area contributed by atoms with Crippen LogP contribution in [0.2, 0.25) is 5.02 Å². The van der Waals surface area contributed by atoms with Crippen LogP contribution in [-0.2, 0) is 10.0 Å². The Balaban J connectivity index is 1.80. The first-order valence-corrected chi connectivity index (χ1v) is 10.9. The van der Waals surface area contributed by atoms with Crippen LogP contribution in [-0.4, -0.2) is 38.7 Å². The zero-order valence-electron chi connectivity index (χ0n) is 15.6. The number of pyridine rings is 1. The molecule has 1 N–H and O–H groups in total. The van der Waals surface area contributed by atoms with Crippen LogP contribution < -0.4 is 14.4 Å². The number of nitrogens with zero attached hydrogens (tertiary/aromatic N) is 2. The summed E-state index contributed by atoms with van der Waals surface area (Å²) in [4.78, 5) is 18.0. The highest BCUT2D eigenvalue weighted by atomic mass is 35.5. The second-order valence-electron chi connectivity index (χ2n) is 6.74. The number of anilines is 1. The maximum absolute atomic E-state index is 14.3. The summed E-state index contributed by atoms with van der Waals surface area (Å²) in [6, 6.07) is 3.00. The van der Waals surface area contributed by atoms with Gasteiger partial charge >= 0.3 is 0 Å². The van der Waals surface area contributed by atoms with E-state index in [9.17, 15) is 22.0 Å². The van der Waals surface area contributed by atoms with Crippen molar-refractivity contribution in [2.24, 2.45) is 0 Å². The average Bonchev–Trinajstić information content (AvgIpc) is 2.54. The molecular weight excluding hydrogens is 428 g/mol. The molecule has 1 amide bonds. The van der Waals surface area contributed by atoms with Crippen molar-refractivity contribution in [3.05, 3.63) is 46.6 Å². The van der Waals surface area contributed by atoms with Crippen molar-refractivity contribution in [3.8, 4) is 11.5 Å². The SMILES string of the molecule is CN(c1ncc(Oc2cc(F)c(C(=O)NS(C)(=O)=O)cc2F)cc1Cl)C1CCC1. The Bertz CT molecular complexity index is 1060. The minimum atomic E-state index is -3.93. The lowest BCUT2D eigenvalue weighted by Crippen LogP contribution is -2.37. The van der Waals surface area contributed by atoms with Crippen LogP contribution in [0, 0.1) is 11.6 Å². The van der Waals surface area contributed by atoms with Crippen molar-refractivity contribution in [1.82, 2.24) is 9.71 Å². The number of carbonyl (C=O) groups is 1. The number of hydrogen-bond acceptors (Lipinski definition) is 6. The molecule has 0 saturated heterocycles. The van der Waals surface area contributed by atoms with Crippen LogP contribution in [0.4, 0.5) is 14.6 Å². The zero-order chi connectivity index (χ0) is 21.3. The van der Waals surface area contributed by atoms with Crippen molar-refractivity contribution in [2.75, 3.05) is 18.2 Å². The first-order valence-electron chi connectivity index (χ1n) is 8.62. The molecule has 1 saturated carbocycles. The van der Waals surface area contributed by atoms with Gasteiger partial charge in [-0.1, -0.05) is 11.6 Å². The molecule has 3 rings (SSSR count). The summed E-state index contributed by atoms with van der Waals surface area (Å²) in [5.41, 5.74) is -0.770. The van der Waals surface area contributed by atoms with Crippen LogP contribution in [0.1, 0.15) is 29.6 Å². The van der Waals surface area contributed by atoms with Gasteiger partial charge in [-0.15, -0.1) is 0 Å². The Kier molecular flexibility index (Phi) is 5.95. The quantitative estimate of drug-likeness (QED) is 0.732. The Morgan fingerprint density at radius 1 is 1.28 bits per heavy atom. The Morgan fingerprint density at radius 2 is 1.97 bits per heavy atom. The first kappa shape index (κ1) is 21.3. The van der Waals surface area contributed by atoms with Gasteiger partial charge in [0, 0.05) is 25.2 Å². The second-order valence-corrected chi connectivity index (χ2v) is 8.90. The second kappa shape index (κ2) is 8.11. The van der Waals surface area contributed by atoms with Gasteiger partial charge in [-0.05, 0) is 25.3 Å². The third-order valence-corrected chi connectivity index (χ3v) is 5.36. The summed E-state index contributed by atoms with van der Waals surface area (Å²) in [5, 5.41) is 0.293. The summed E-state index contributed by atoms with van der Waals surface area (Å²) >= 11 is 6.25. The van der Waals surface area contributed by atoms with E-state index in [0.717, 1.165) is 25.5 Å². The number of rotatable bonds is 6. The fraction of sp³-hybridized carbons (Fsp3) is 0.333. The molecule has 156 valence electrons. The number of halogens is 3. The van der Waals surface area contributed by atoms with Crippen molar-refractivity contribution in [1.29, 1.82) is 0 Å². The van der Waals surface area contributed by atoms with E-state index in [1.54, 1.807) is 4.72 Å². The number of hydrogen-bond donors (Lipinski definition) is 1. The molecule has 0 aliphatic heterocycles. The Hall–Kier alpha value is -2.46. The van der Waals surface area contributed by atoms with E-state index in [2.05, 4.69) is 4.98 Å². The number of aromatic nitrogens is 1. The van der Waals surface area contributed by atoms with Crippen molar-refractivity contribution >= 4 is 33.3 Å². The molecule has 7 nitrogen and oxygen atoms in total. The predicted molar refractivity (Wildman–Crippen MR) is 104 cm³/mol. The van der Waals surface area contributed by atoms with Gasteiger partial charge < -0.3 is 9.64 Å². The summed E-state index contributed by atoms with van der Waals surface area (Å²) in [6.07, 6.45) is 5.31. The molecule has 29 heavy (non-hydrogen) atoms. The highest BCUT2D eigenvalue weighted by Gasteiger charge is 2.25. The molecule has 0 atom stereocenters. The van der Waals surface area contributed by atoms with E-state index in [-0.39, 0.29) is 5.75 Å². The van der Waals surface area contributed by atoms with Gasteiger partial charge in [-0.2, -0.15) is 0 Å². The molecule has 11 heteroatoms. The van der Waals surface area contributed by atoms with Crippen LogP contribution in [0.5, 0.6) is 11.5 Å². The molecule has 1 aromatic heterocycles. The Morgan fingerprint density at radius 3 is 2.52 bits per heavy atom.